The third kappa shape index (κ3) is 5.02. The molecule has 0 saturated carbocycles. The third-order valence-corrected chi connectivity index (χ3v) is 8.38. The van der Waals surface area contributed by atoms with Crippen molar-refractivity contribution >= 4 is 38.7 Å². The molecular formula is C31H26N4O5S. The molecule has 0 N–H and O–H groups in total. The average molecular weight is 567 g/mol. The van der Waals surface area contributed by atoms with Crippen LogP contribution >= 0.6 is 0 Å². The van der Waals surface area contributed by atoms with E-state index in [1.165, 1.54) is 15.0 Å². The van der Waals surface area contributed by atoms with Crippen LogP contribution < -0.4 is 4.74 Å². The molecule has 0 radical (unpaired) electrons. The van der Waals surface area contributed by atoms with Gasteiger partial charge < -0.3 is 9.64 Å². The van der Waals surface area contributed by atoms with Crippen molar-refractivity contribution < 1.29 is 22.7 Å². The minimum absolute atomic E-state index is 0.135. The van der Waals surface area contributed by atoms with Crippen LogP contribution in [0.5, 0.6) is 5.75 Å². The molecule has 0 unspecified atom stereocenters. The van der Waals surface area contributed by atoms with Crippen LogP contribution in [-0.4, -0.2) is 55.5 Å². The van der Waals surface area contributed by atoms with E-state index in [2.05, 4.69) is 9.98 Å². The molecule has 0 fully saturated rings. The summed E-state index contributed by atoms with van der Waals surface area (Å²) < 4.78 is 34.4. The van der Waals surface area contributed by atoms with E-state index in [0.717, 1.165) is 5.56 Å². The highest BCUT2D eigenvalue weighted by molar-refractivity contribution is 7.90. The Morgan fingerprint density at radius 2 is 1.71 bits per heavy atom. The minimum Gasteiger partial charge on any atom is -0.496 e. The predicted octanol–water partition coefficient (Wildman–Crippen LogP) is 5.59. The van der Waals surface area contributed by atoms with Gasteiger partial charge in [-0.15, -0.1) is 0 Å². The van der Waals surface area contributed by atoms with Gasteiger partial charge in [0.1, 0.15) is 5.75 Å². The molecule has 41 heavy (non-hydrogen) atoms. The fraction of sp³-hybridized carbons (Fsp3) is 0.129. The van der Waals surface area contributed by atoms with Gasteiger partial charge in [0.2, 0.25) is 6.08 Å². The molecule has 0 aliphatic heterocycles. The second-order valence-corrected chi connectivity index (χ2v) is 11.4. The van der Waals surface area contributed by atoms with E-state index < -0.39 is 10.0 Å². The molecule has 3 aromatic carbocycles. The van der Waals surface area contributed by atoms with E-state index in [4.69, 9.17) is 4.74 Å². The van der Waals surface area contributed by atoms with Crippen LogP contribution in [0.3, 0.4) is 0 Å². The van der Waals surface area contributed by atoms with Gasteiger partial charge >= 0.3 is 0 Å². The Labute approximate surface area is 237 Å². The van der Waals surface area contributed by atoms with Gasteiger partial charge in [-0.1, -0.05) is 42.0 Å². The first-order valence-corrected chi connectivity index (χ1v) is 14.0. The number of carbonyl (C=O) groups excluding carboxylic acids is 2. The Hall–Kier alpha value is -5.05. The van der Waals surface area contributed by atoms with E-state index in [0.29, 0.717) is 33.4 Å². The number of aryl methyl sites for hydroxylation is 1. The lowest BCUT2D eigenvalue weighted by molar-refractivity contribution is 0.0828. The third-order valence-electron chi connectivity index (χ3n) is 6.72. The van der Waals surface area contributed by atoms with Crippen molar-refractivity contribution in [3.05, 3.63) is 96.3 Å². The number of rotatable bonds is 7. The number of methoxy groups -OCH3 is 1. The number of isocyanates is 1. The lowest BCUT2D eigenvalue weighted by Gasteiger charge is -2.13. The summed E-state index contributed by atoms with van der Waals surface area (Å²) >= 11 is 0. The summed E-state index contributed by atoms with van der Waals surface area (Å²) in [5.41, 5.74) is 4.16. The quantitative estimate of drug-likeness (QED) is 0.188. The van der Waals surface area contributed by atoms with Crippen molar-refractivity contribution in [1.29, 1.82) is 0 Å². The van der Waals surface area contributed by atoms with Gasteiger partial charge in [0.15, 0.2) is 5.65 Å². The van der Waals surface area contributed by atoms with Crippen LogP contribution in [-0.2, 0) is 14.8 Å². The summed E-state index contributed by atoms with van der Waals surface area (Å²) in [5, 5.41) is 0.568. The summed E-state index contributed by atoms with van der Waals surface area (Å²) in [4.78, 5) is 33.6. The molecule has 0 atom stereocenters. The van der Waals surface area contributed by atoms with Crippen LogP contribution in [0.1, 0.15) is 15.9 Å². The highest BCUT2D eigenvalue weighted by Gasteiger charge is 2.25. The zero-order valence-corrected chi connectivity index (χ0v) is 23.6. The fourth-order valence-corrected chi connectivity index (χ4v) is 5.92. The molecule has 0 bridgehead atoms. The normalized spacial score (nSPS) is 11.2. The largest absolute Gasteiger partial charge is 0.496 e. The Balaban J connectivity index is 1.77. The van der Waals surface area contributed by atoms with E-state index >= 15 is 0 Å². The van der Waals surface area contributed by atoms with Gasteiger partial charge in [-0.05, 0) is 48.9 Å². The number of aliphatic imine (C=N–C) groups is 1. The SMILES string of the molecule is COc1ccccc1-c1cn(S(=O)(=O)c2ccc(C)cc2)c2ncc(-c3ccc(N=C=O)c(C(=O)N(C)C)c3)cc12. The molecule has 10 heteroatoms. The summed E-state index contributed by atoms with van der Waals surface area (Å²) in [6.45, 7) is 1.89. The molecule has 5 aromatic rings. The molecular weight excluding hydrogens is 540 g/mol. The number of nitrogens with zero attached hydrogens (tertiary/aromatic N) is 4. The van der Waals surface area contributed by atoms with Crippen LogP contribution in [0, 0.1) is 6.92 Å². The van der Waals surface area contributed by atoms with E-state index in [1.54, 1.807) is 82.1 Å². The summed E-state index contributed by atoms with van der Waals surface area (Å²) in [5.74, 6) is 0.236. The number of hydrogen-bond donors (Lipinski definition) is 0. The Morgan fingerprint density at radius 1 is 0.976 bits per heavy atom. The molecule has 2 aromatic heterocycles. The summed E-state index contributed by atoms with van der Waals surface area (Å²) in [6, 6.07) is 20.7. The molecule has 2 heterocycles. The van der Waals surface area contributed by atoms with Crippen LogP contribution in [0.25, 0.3) is 33.3 Å². The number of aromatic nitrogens is 2. The summed E-state index contributed by atoms with van der Waals surface area (Å²) in [7, 11) is 0.771. The number of ether oxygens (including phenoxy) is 1. The predicted molar refractivity (Wildman–Crippen MR) is 157 cm³/mol. The van der Waals surface area contributed by atoms with Gasteiger partial charge in [0, 0.05) is 48.6 Å². The van der Waals surface area contributed by atoms with Crippen molar-refractivity contribution in [3.8, 4) is 28.0 Å². The fourth-order valence-electron chi connectivity index (χ4n) is 4.60. The molecule has 1 amide bonds. The second kappa shape index (κ2) is 10.8. The number of fused-ring (bicyclic) bond motifs is 1. The number of hydrogen-bond acceptors (Lipinski definition) is 7. The number of carbonyl (C=O) groups is 1. The Bertz CT molecular complexity index is 1950. The van der Waals surface area contributed by atoms with Gasteiger partial charge in [-0.3, -0.25) is 4.79 Å². The van der Waals surface area contributed by atoms with Crippen molar-refractivity contribution in [2.75, 3.05) is 21.2 Å². The molecule has 0 spiro atoms. The van der Waals surface area contributed by atoms with Crippen LogP contribution in [0.15, 0.2) is 95.1 Å². The van der Waals surface area contributed by atoms with Crippen molar-refractivity contribution in [3.63, 3.8) is 0 Å². The van der Waals surface area contributed by atoms with E-state index in [1.807, 2.05) is 31.2 Å². The maximum absolute atomic E-state index is 13.8. The number of benzene rings is 3. The first kappa shape index (κ1) is 27.5. The number of amides is 1. The van der Waals surface area contributed by atoms with Gasteiger partial charge in [-0.2, -0.15) is 4.99 Å². The highest BCUT2D eigenvalue weighted by atomic mass is 32.2. The molecule has 0 aliphatic rings. The van der Waals surface area contributed by atoms with Gasteiger partial charge in [0.05, 0.1) is 23.3 Å². The average Bonchev–Trinajstić information content (AvgIpc) is 3.37. The summed E-state index contributed by atoms with van der Waals surface area (Å²) in [6.07, 6.45) is 4.60. The first-order valence-electron chi connectivity index (χ1n) is 12.6. The number of pyridine rings is 1. The first-order chi connectivity index (χ1) is 19.6. The van der Waals surface area contributed by atoms with Crippen molar-refractivity contribution in [2.24, 2.45) is 4.99 Å². The molecule has 206 valence electrons. The zero-order chi connectivity index (χ0) is 29.3. The zero-order valence-electron chi connectivity index (χ0n) is 22.8. The van der Waals surface area contributed by atoms with E-state index in [-0.39, 0.29) is 27.7 Å². The number of para-hydroxylation sites is 1. The van der Waals surface area contributed by atoms with Crippen molar-refractivity contribution in [1.82, 2.24) is 13.9 Å². The standard InChI is InChI=1S/C31H26N4O5S/c1-20-9-12-23(13-10-20)41(38,39)35-18-27(24-7-5-6-8-29(24)40-4)25-16-22(17-32-30(25)35)21-11-14-28(33-19-36)26(15-21)31(37)34(2)3/h5-18H,1-4H3. The molecule has 5 rings (SSSR count). The Morgan fingerprint density at radius 3 is 2.39 bits per heavy atom. The maximum Gasteiger partial charge on any atom is 0.269 e. The highest BCUT2D eigenvalue weighted by Crippen LogP contribution is 2.39. The molecule has 0 aliphatic carbocycles. The smallest absolute Gasteiger partial charge is 0.269 e. The van der Waals surface area contributed by atoms with Gasteiger partial charge in [0.25, 0.3) is 15.9 Å². The van der Waals surface area contributed by atoms with Crippen LogP contribution in [0.4, 0.5) is 5.69 Å². The second-order valence-electron chi connectivity index (χ2n) is 9.59. The van der Waals surface area contributed by atoms with Crippen molar-refractivity contribution in [2.45, 2.75) is 11.8 Å². The van der Waals surface area contributed by atoms with Gasteiger partial charge in [-0.25, -0.2) is 22.2 Å². The topological polar surface area (TPSA) is 111 Å². The lowest BCUT2D eigenvalue weighted by atomic mass is 9.99. The van der Waals surface area contributed by atoms with Crippen LogP contribution in [0.2, 0.25) is 0 Å². The van der Waals surface area contributed by atoms with E-state index in [9.17, 15) is 18.0 Å². The molecule has 0 saturated heterocycles. The Kier molecular flexibility index (Phi) is 7.28. The minimum atomic E-state index is -3.99. The molecule has 9 nitrogen and oxygen atoms in total. The lowest BCUT2D eigenvalue weighted by Crippen LogP contribution is -2.21. The monoisotopic (exact) mass is 566 g/mol. The maximum atomic E-state index is 13.8.